The Morgan fingerprint density at radius 2 is 1.78 bits per heavy atom. The van der Waals surface area contributed by atoms with Gasteiger partial charge in [-0.15, -0.1) is 0 Å². The van der Waals surface area contributed by atoms with Crippen molar-refractivity contribution in [1.82, 2.24) is 4.90 Å². The van der Waals surface area contributed by atoms with Gasteiger partial charge in [-0.1, -0.05) is 18.2 Å². The van der Waals surface area contributed by atoms with Crippen LogP contribution < -0.4 is 5.32 Å². The van der Waals surface area contributed by atoms with Crippen LogP contribution in [0.1, 0.15) is 35.2 Å². The second-order valence-corrected chi connectivity index (χ2v) is 6.80. The van der Waals surface area contributed by atoms with Gasteiger partial charge in [0.25, 0.3) is 0 Å². The van der Waals surface area contributed by atoms with Crippen molar-refractivity contribution in [3.05, 3.63) is 41.5 Å². The summed E-state index contributed by atoms with van der Waals surface area (Å²) >= 11 is 0. The molecule has 3 rings (SSSR count). The molecule has 0 aromatic heterocycles. The van der Waals surface area contributed by atoms with Crippen LogP contribution in [0.2, 0.25) is 0 Å². The zero-order chi connectivity index (χ0) is 19.6. The molecule has 1 aromatic rings. The molecule has 0 bridgehead atoms. The molecule has 1 heterocycles. The first kappa shape index (κ1) is 18.8. The molecule has 1 aromatic carbocycles. The van der Waals surface area contributed by atoms with Crippen molar-refractivity contribution in [3.8, 4) is 0 Å². The highest BCUT2D eigenvalue weighted by Crippen LogP contribution is 2.35. The molecule has 1 fully saturated rings. The van der Waals surface area contributed by atoms with Crippen molar-refractivity contribution in [1.29, 1.82) is 0 Å². The van der Waals surface area contributed by atoms with Gasteiger partial charge in [0.15, 0.2) is 0 Å². The van der Waals surface area contributed by atoms with Gasteiger partial charge < -0.3 is 10.1 Å². The summed E-state index contributed by atoms with van der Waals surface area (Å²) in [6, 6.07) is 4.88. The SMILES string of the molecule is COC(=O)c1ccc(C)c(NC(=O)CCN2C(=O)[C@H]3CC=CC[C@@H]3C2=O)c1. The van der Waals surface area contributed by atoms with Gasteiger partial charge in [0.05, 0.1) is 24.5 Å². The van der Waals surface area contributed by atoms with Crippen molar-refractivity contribution in [3.63, 3.8) is 0 Å². The van der Waals surface area contributed by atoms with E-state index in [1.807, 2.05) is 19.1 Å². The Balaban J connectivity index is 1.61. The first-order valence-corrected chi connectivity index (χ1v) is 8.91. The van der Waals surface area contributed by atoms with E-state index < -0.39 is 5.97 Å². The fourth-order valence-electron chi connectivity index (χ4n) is 3.52. The van der Waals surface area contributed by atoms with Gasteiger partial charge in [-0.2, -0.15) is 0 Å². The van der Waals surface area contributed by atoms with E-state index in [0.717, 1.165) is 5.56 Å². The number of carbonyl (C=O) groups excluding carboxylic acids is 4. The van der Waals surface area contributed by atoms with Crippen LogP contribution in [-0.4, -0.2) is 42.2 Å². The second-order valence-electron chi connectivity index (χ2n) is 6.80. The van der Waals surface area contributed by atoms with Crippen LogP contribution in [0.25, 0.3) is 0 Å². The molecule has 2 atom stereocenters. The quantitative estimate of drug-likeness (QED) is 0.487. The maximum atomic E-state index is 12.4. The Morgan fingerprint density at radius 1 is 1.15 bits per heavy atom. The van der Waals surface area contributed by atoms with Crippen LogP contribution in [0.4, 0.5) is 5.69 Å². The minimum absolute atomic E-state index is 0.00619. The average molecular weight is 370 g/mol. The molecule has 0 saturated carbocycles. The predicted octanol–water partition coefficient (Wildman–Crippen LogP) is 2.06. The number of rotatable bonds is 5. The highest BCUT2D eigenvalue weighted by atomic mass is 16.5. The minimum atomic E-state index is -0.491. The van der Waals surface area contributed by atoms with Crippen molar-refractivity contribution < 1.29 is 23.9 Å². The smallest absolute Gasteiger partial charge is 0.337 e. The molecule has 1 N–H and O–H groups in total. The molecule has 1 aliphatic heterocycles. The van der Waals surface area contributed by atoms with Crippen LogP contribution in [0.5, 0.6) is 0 Å². The van der Waals surface area contributed by atoms with E-state index in [2.05, 4.69) is 10.1 Å². The predicted molar refractivity (Wildman–Crippen MR) is 97.8 cm³/mol. The molecule has 27 heavy (non-hydrogen) atoms. The molecule has 1 aliphatic carbocycles. The lowest BCUT2D eigenvalue weighted by molar-refractivity contribution is -0.140. The number of esters is 1. The zero-order valence-corrected chi connectivity index (χ0v) is 15.4. The number of amides is 3. The first-order valence-electron chi connectivity index (χ1n) is 8.91. The minimum Gasteiger partial charge on any atom is -0.465 e. The summed E-state index contributed by atoms with van der Waals surface area (Å²) in [4.78, 5) is 50.0. The van der Waals surface area contributed by atoms with Gasteiger partial charge in [0, 0.05) is 18.7 Å². The monoisotopic (exact) mass is 370 g/mol. The number of fused-ring (bicyclic) bond motifs is 1. The maximum Gasteiger partial charge on any atom is 0.337 e. The Kier molecular flexibility index (Phi) is 5.39. The number of anilines is 1. The number of imide groups is 1. The van der Waals surface area contributed by atoms with E-state index in [1.54, 1.807) is 18.2 Å². The average Bonchev–Trinajstić information content (AvgIpc) is 2.92. The van der Waals surface area contributed by atoms with Crippen LogP contribution in [0.3, 0.4) is 0 Å². The number of carbonyl (C=O) groups is 4. The molecule has 2 aliphatic rings. The third kappa shape index (κ3) is 3.77. The number of nitrogens with one attached hydrogen (secondary N) is 1. The van der Waals surface area contributed by atoms with Crippen LogP contribution in [0, 0.1) is 18.8 Å². The fourth-order valence-corrected chi connectivity index (χ4v) is 3.52. The number of hydrogen-bond donors (Lipinski definition) is 1. The molecule has 3 amide bonds. The third-order valence-electron chi connectivity index (χ3n) is 5.09. The van der Waals surface area contributed by atoms with Gasteiger partial charge in [0.1, 0.15) is 0 Å². The number of likely N-dealkylation sites (tertiary alicyclic amines) is 1. The molecule has 0 radical (unpaired) electrons. The van der Waals surface area contributed by atoms with Crippen molar-refractivity contribution >= 4 is 29.4 Å². The molecule has 7 nitrogen and oxygen atoms in total. The van der Waals surface area contributed by atoms with Crippen molar-refractivity contribution in [2.24, 2.45) is 11.8 Å². The Morgan fingerprint density at radius 3 is 2.37 bits per heavy atom. The van der Waals surface area contributed by atoms with E-state index in [4.69, 9.17) is 0 Å². The number of aryl methyl sites for hydroxylation is 1. The summed E-state index contributed by atoms with van der Waals surface area (Å²) in [5.41, 5.74) is 1.63. The lowest BCUT2D eigenvalue weighted by Crippen LogP contribution is -2.34. The molecule has 7 heteroatoms. The molecule has 1 saturated heterocycles. The topological polar surface area (TPSA) is 92.8 Å². The van der Waals surface area contributed by atoms with E-state index in [0.29, 0.717) is 24.1 Å². The summed E-state index contributed by atoms with van der Waals surface area (Å²) in [6.07, 6.45) is 5.03. The fraction of sp³-hybridized carbons (Fsp3) is 0.400. The van der Waals surface area contributed by atoms with Gasteiger partial charge in [-0.05, 0) is 37.5 Å². The number of hydrogen-bond acceptors (Lipinski definition) is 5. The highest BCUT2D eigenvalue weighted by Gasteiger charge is 2.46. The lowest BCUT2D eigenvalue weighted by atomic mass is 9.85. The maximum absolute atomic E-state index is 12.4. The second kappa shape index (κ2) is 7.73. The van der Waals surface area contributed by atoms with E-state index in [1.165, 1.54) is 12.0 Å². The summed E-state index contributed by atoms with van der Waals surface area (Å²) in [6.45, 7) is 1.87. The van der Waals surface area contributed by atoms with Gasteiger partial charge >= 0.3 is 5.97 Å². The molecule has 0 spiro atoms. The van der Waals surface area contributed by atoms with Crippen molar-refractivity contribution in [2.75, 3.05) is 19.0 Å². The summed E-state index contributed by atoms with van der Waals surface area (Å²) < 4.78 is 4.68. The first-order chi connectivity index (χ1) is 12.9. The molecular weight excluding hydrogens is 348 g/mol. The van der Waals surface area contributed by atoms with E-state index in [9.17, 15) is 19.2 Å². The Labute approximate surface area is 157 Å². The standard InChI is InChI=1S/C20H22N2O5/c1-12-7-8-13(20(26)27-2)11-16(12)21-17(23)9-10-22-18(24)14-5-3-4-6-15(14)19(22)25/h3-4,7-8,11,14-15H,5-6,9-10H2,1-2H3,(H,21,23)/t14-,15-/m0/s1. The Hall–Kier alpha value is -2.96. The number of ether oxygens (including phenoxy) is 1. The van der Waals surface area contributed by atoms with Crippen LogP contribution >= 0.6 is 0 Å². The number of methoxy groups -OCH3 is 1. The lowest BCUT2D eigenvalue weighted by Gasteiger charge is -2.15. The summed E-state index contributed by atoms with van der Waals surface area (Å²) in [5.74, 6) is -1.77. The summed E-state index contributed by atoms with van der Waals surface area (Å²) in [7, 11) is 1.29. The normalized spacial score (nSPS) is 21.2. The largest absolute Gasteiger partial charge is 0.465 e. The highest BCUT2D eigenvalue weighted by molar-refractivity contribution is 6.06. The van der Waals surface area contributed by atoms with Gasteiger partial charge in [-0.25, -0.2) is 4.79 Å². The van der Waals surface area contributed by atoms with E-state index in [-0.39, 0.29) is 42.5 Å². The van der Waals surface area contributed by atoms with Crippen LogP contribution in [-0.2, 0) is 19.1 Å². The van der Waals surface area contributed by atoms with Gasteiger partial charge in [0.2, 0.25) is 17.7 Å². The zero-order valence-electron chi connectivity index (χ0n) is 15.4. The number of benzene rings is 1. The van der Waals surface area contributed by atoms with Crippen molar-refractivity contribution in [2.45, 2.75) is 26.2 Å². The van der Waals surface area contributed by atoms with E-state index >= 15 is 0 Å². The summed E-state index contributed by atoms with van der Waals surface area (Å²) in [5, 5.41) is 2.74. The number of allylic oxidation sites excluding steroid dienone is 2. The Bertz CT molecular complexity index is 804. The van der Waals surface area contributed by atoms with Gasteiger partial charge in [-0.3, -0.25) is 19.3 Å². The molecule has 0 unspecified atom stereocenters. The van der Waals surface area contributed by atoms with Crippen LogP contribution in [0.15, 0.2) is 30.4 Å². The number of nitrogens with zero attached hydrogens (tertiary/aromatic N) is 1. The third-order valence-corrected chi connectivity index (χ3v) is 5.09. The molecular formula is C20H22N2O5. The molecule has 142 valence electrons.